The van der Waals surface area contributed by atoms with Crippen LogP contribution in [0.4, 0.5) is 0 Å². The zero-order valence-electron chi connectivity index (χ0n) is 11.5. The molecule has 0 bridgehead atoms. The van der Waals surface area contributed by atoms with Crippen molar-refractivity contribution in [3.8, 4) is 0 Å². The van der Waals surface area contributed by atoms with Gasteiger partial charge in [0.25, 0.3) is 0 Å². The smallest absolute Gasteiger partial charge is 0.0377 e. The van der Waals surface area contributed by atoms with Crippen molar-refractivity contribution in [3.63, 3.8) is 0 Å². The van der Waals surface area contributed by atoms with E-state index in [0.717, 1.165) is 12.8 Å². The van der Waals surface area contributed by atoms with Gasteiger partial charge < -0.3 is 0 Å². The third-order valence-electron chi connectivity index (χ3n) is 4.10. The fourth-order valence-corrected chi connectivity index (χ4v) is 5.08. The number of fused-ring (bicyclic) bond motifs is 4. The van der Waals surface area contributed by atoms with Crippen LogP contribution in [0.1, 0.15) is 27.8 Å². The van der Waals surface area contributed by atoms with E-state index in [9.17, 15) is 0 Å². The van der Waals surface area contributed by atoms with Gasteiger partial charge in [-0.15, -0.1) is 22.7 Å². The van der Waals surface area contributed by atoms with E-state index in [1.54, 1.807) is 0 Å². The lowest BCUT2D eigenvalue weighted by Crippen LogP contribution is -1.97. The first-order chi connectivity index (χ1) is 9.72. The molecule has 4 rings (SSSR count). The van der Waals surface area contributed by atoms with Gasteiger partial charge >= 0.3 is 0 Å². The zero-order chi connectivity index (χ0) is 13.7. The number of allylic oxidation sites excluding steroid dienone is 5. The summed E-state index contributed by atoms with van der Waals surface area (Å²) in [7, 11) is 0. The Kier molecular flexibility index (Phi) is 2.83. The molecule has 0 nitrogen and oxygen atoms in total. The van der Waals surface area contributed by atoms with Crippen molar-refractivity contribution in [2.45, 2.75) is 19.8 Å². The maximum absolute atomic E-state index is 4.31. The van der Waals surface area contributed by atoms with Crippen molar-refractivity contribution in [3.05, 3.63) is 68.1 Å². The molecule has 0 saturated heterocycles. The van der Waals surface area contributed by atoms with E-state index in [2.05, 4.69) is 48.5 Å². The minimum atomic E-state index is 0.570. The molecular formula is C18H16S2. The van der Waals surface area contributed by atoms with Crippen LogP contribution in [0.2, 0.25) is 0 Å². The van der Waals surface area contributed by atoms with Crippen molar-refractivity contribution in [1.82, 2.24) is 0 Å². The Balaban J connectivity index is 1.88. The number of rotatable bonds is 0. The van der Waals surface area contributed by atoms with Crippen molar-refractivity contribution >= 4 is 33.8 Å². The zero-order valence-corrected chi connectivity index (χ0v) is 13.1. The second-order valence-corrected chi connectivity index (χ2v) is 7.52. The van der Waals surface area contributed by atoms with E-state index >= 15 is 0 Å². The fraction of sp³-hybridized carbons (Fsp3) is 0.222. The number of thiophene rings is 2. The molecule has 1 atom stereocenters. The van der Waals surface area contributed by atoms with Crippen LogP contribution in [-0.4, -0.2) is 0 Å². The predicted octanol–water partition coefficient (Wildman–Crippen LogP) is 5.58. The summed E-state index contributed by atoms with van der Waals surface area (Å²) < 4.78 is 0. The summed E-state index contributed by atoms with van der Waals surface area (Å²) in [5.41, 5.74) is 7.02. The molecule has 0 amide bonds. The molecule has 0 aliphatic heterocycles. The molecule has 0 saturated carbocycles. The van der Waals surface area contributed by atoms with Crippen LogP contribution in [0, 0.1) is 5.92 Å². The maximum atomic E-state index is 4.31. The van der Waals surface area contributed by atoms with Gasteiger partial charge in [-0.3, -0.25) is 0 Å². The lowest BCUT2D eigenvalue weighted by molar-refractivity contribution is 0.727. The Morgan fingerprint density at radius 3 is 2.70 bits per heavy atom. The molecule has 0 N–H and O–H groups in total. The molecule has 0 aromatic carbocycles. The predicted molar refractivity (Wildman–Crippen MR) is 90.3 cm³/mol. The summed E-state index contributed by atoms with van der Waals surface area (Å²) in [5.74, 6) is 0.570. The normalized spacial score (nSPS) is 26.2. The molecule has 20 heavy (non-hydrogen) atoms. The van der Waals surface area contributed by atoms with Gasteiger partial charge in [-0.1, -0.05) is 19.6 Å². The molecule has 2 aromatic rings. The molecule has 2 aliphatic carbocycles. The largest absolute Gasteiger partial charge is 0.144 e. The van der Waals surface area contributed by atoms with Gasteiger partial charge in [-0.2, -0.15) is 0 Å². The van der Waals surface area contributed by atoms with E-state index < -0.39 is 0 Å². The van der Waals surface area contributed by atoms with E-state index in [1.165, 1.54) is 37.6 Å². The van der Waals surface area contributed by atoms with Crippen LogP contribution in [0.25, 0.3) is 11.1 Å². The Bertz CT molecular complexity index is 752. The third kappa shape index (κ3) is 1.87. The number of hydrogen-bond acceptors (Lipinski definition) is 2. The van der Waals surface area contributed by atoms with E-state index in [0.29, 0.717) is 5.92 Å². The quantitative estimate of drug-likeness (QED) is 0.595. The third-order valence-corrected chi connectivity index (χ3v) is 6.12. The molecule has 2 aromatic heterocycles. The van der Waals surface area contributed by atoms with Crippen LogP contribution in [0.3, 0.4) is 0 Å². The lowest BCUT2D eigenvalue weighted by atomic mass is 9.98. The number of hydrogen-bond donors (Lipinski definition) is 0. The summed E-state index contributed by atoms with van der Waals surface area (Å²) in [5, 5.41) is 4.41. The molecule has 0 fully saturated rings. The minimum absolute atomic E-state index is 0.570. The average Bonchev–Trinajstić information content (AvgIpc) is 3.07. The maximum Gasteiger partial charge on any atom is 0.0377 e. The molecule has 0 radical (unpaired) electrons. The minimum Gasteiger partial charge on any atom is -0.144 e. The van der Waals surface area contributed by atoms with Gasteiger partial charge in [-0.05, 0) is 75.6 Å². The van der Waals surface area contributed by atoms with Crippen LogP contribution in [0.5, 0.6) is 0 Å². The van der Waals surface area contributed by atoms with Gasteiger partial charge in [0.2, 0.25) is 0 Å². The molecule has 2 heteroatoms. The Labute approximate surface area is 127 Å². The highest BCUT2D eigenvalue weighted by Gasteiger charge is 2.25. The summed E-state index contributed by atoms with van der Waals surface area (Å²) in [6, 6.07) is 4.53. The second kappa shape index (κ2) is 4.57. The first-order valence-corrected chi connectivity index (χ1v) is 8.73. The first kappa shape index (κ1) is 12.4. The van der Waals surface area contributed by atoms with E-state index in [4.69, 9.17) is 0 Å². The van der Waals surface area contributed by atoms with Crippen molar-refractivity contribution in [2.75, 3.05) is 0 Å². The van der Waals surface area contributed by atoms with Crippen molar-refractivity contribution in [2.24, 2.45) is 5.92 Å². The molecule has 0 spiro atoms. The van der Waals surface area contributed by atoms with E-state index in [1.807, 2.05) is 22.7 Å². The Morgan fingerprint density at radius 2 is 1.85 bits per heavy atom. The standard InChI is InChI=1S/C18H16S2/c1-11-7-13-3-5-19-17(13)12(2)9-15-10-14-4-6-20-18(14)16(15)8-11/h3-6,8-9,11H,2,7,10H2,1H3/b15-9-,16-8+. The van der Waals surface area contributed by atoms with Crippen LogP contribution >= 0.6 is 22.7 Å². The van der Waals surface area contributed by atoms with Crippen LogP contribution in [-0.2, 0) is 12.8 Å². The van der Waals surface area contributed by atoms with Gasteiger partial charge in [0.05, 0.1) is 0 Å². The van der Waals surface area contributed by atoms with Crippen LogP contribution in [0.15, 0.2) is 47.2 Å². The summed E-state index contributed by atoms with van der Waals surface area (Å²) in [6.07, 6.45) is 6.96. The first-order valence-electron chi connectivity index (χ1n) is 6.97. The Hall–Kier alpha value is -1.38. The van der Waals surface area contributed by atoms with Gasteiger partial charge in [0, 0.05) is 9.75 Å². The molecule has 2 heterocycles. The van der Waals surface area contributed by atoms with Crippen molar-refractivity contribution < 1.29 is 0 Å². The second-order valence-electron chi connectivity index (χ2n) is 5.68. The highest BCUT2D eigenvalue weighted by Crippen LogP contribution is 2.43. The fourth-order valence-electron chi connectivity index (χ4n) is 3.21. The van der Waals surface area contributed by atoms with Crippen molar-refractivity contribution in [1.29, 1.82) is 0 Å². The van der Waals surface area contributed by atoms with E-state index in [-0.39, 0.29) is 0 Å². The van der Waals surface area contributed by atoms with Gasteiger partial charge in [-0.25, -0.2) is 0 Å². The summed E-state index contributed by atoms with van der Waals surface area (Å²) in [6.45, 7) is 6.64. The highest BCUT2D eigenvalue weighted by atomic mass is 32.1. The SMILES string of the molecule is C=C1/C=C2/Cc3ccsc3/C2=C/C(C)Cc2ccsc21. The topological polar surface area (TPSA) is 0 Å². The summed E-state index contributed by atoms with van der Waals surface area (Å²) >= 11 is 3.70. The average molecular weight is 296 g/mol. The molecule has 100 valence electrons. The van der Waals surface area contributed by atoms with Crippen LogP contribution < -0.4 is 0 Å². The summed E-state index contributed by atoms with van der Waals surface area (Å²) in [4.78, 5) is 2.84. The molecule has 1 unspecified atom stereocenters. The van der Waals surface area contributed by atoms with Gasteiger partial charge in [0.15, 0.2) is 0 Å². The Morgan fingerprint density at radius 1 is 1.10 bits per heavy atom. The molecular weight excluding hydrogens is 280 g/mol. The van der Waals surface area contributed by atoms with Gasteiger partial charge in [0.1, 0.15) is 0 Å². The lowest BCUT2D eigenvalue weighted by Gasteiger charge is -2.07. The highest BCUT2D eigenvalue weighted by molar-refractivity contribution is 7.11. The molecule has 2 aliphatic rings. The monoisotopic (exact) mass is 296 g/mol.